The van der Waals surface area contributed by atoms with Crippen molar-refractivity contribution in [2.24, 2.45) is 11.0 Å². The van der Waals surface area contributed by atoms with Gasteiger partial charge < -0.3 is 4.74 Å². The maximum atomic E-state index is 11.7. The summed E-state index contributed by atoms with van der Waals surface area (Å²) in [5, 5.41) is 4.87. The first-order valence-electron chi connectivity index (χ1n) is 7.10. The third kappa shape index (κ3) is 5.35. The molecule has 1 aliphatic rings. The van der Waals surface area contributed by atoms with Gasteiger partial charge in [-0.3, -0.25) is 4.79 Å². The smallest absolute Gasteiger partial charge is 0.277 e. The van der Waals surface area contributed by atoms with Crippen molar-refractivity contribution in [3.63, 3.8) is 0 Å². The molecular formula is C16H18Cl2N2O2. The Morgan fingerprint density at radius 3 is 3.00 bits per heavy atom. The quantitative estimate of drug-likeness (QED) is 0.495. The molecule has 1 aromatic rings. The van der Waals surface area contributed by atoms with Gasteiger partial charge in [0.05, 0.1) is 5.02 Å². The van der Waals surface area contributed by atoms with E-state index in [-0.39, 0.29) is 12.5 Å². The number of rotatable bonds is 5. The Kier molecular flexibility index (Phi) is 6.28. The van der Waals surface area contributed by atoms with Gasteiger partial charge in [0.25, 0.3) is 5.91 Å². The second-order valence-corrected chi connectivity index (χ2v) is 6.11. The molecule has 0 radical (unpaired) electrons. The van der Waals surface area contributed by atoms with E-state index in [1.165, 1.54) is 5.57 Å². The van der Waals surface area contributed by atoms with Crippen LogP contribution in [0, 0.1) is 5.92 Å². The zero-order chi connectivity index (χ0) is 15.9. The van der Waals surface area contributed by atoms with Crippen LogP contribution in [-0.4, -0.2) is 18.7 Å². The SMILES string of the molecule is CC1=CCC(C=NNC(=O)COc2ccc(Cl)cc2Cl)CC1. The molecule has 1 amide bonds. The van der Waals surface area contributed by atoms with Gasteiger partial charge in [-0.25, -0.2) is 5.43 Å². The second-order valence-electron chi connectivity index (χ2n) is 5.26. The van der Waals surface area contributed by atoms with Gasteiger partial charge >= 0.3 is 0 Å². The Morgan fingerprint density at radius 1 is 1.50 bits per heavy atom. The van der Waals surface area contributed by atoms with E-state index >= 15 is 0 Å². The molecule has 0 bridgehead atoms. The summed E-state index contributed by atoms with van der Waals surface area (Å²) in [4.78, 5) is 11.7. The Bertz CT molecular complexity index is 600. The molecule has 1 unspecified atom stereocenters. The number of hydrogen-bond acceptors (Lipinski definition) is 3. The van der Waals surface area contributed by atoms with Gasteiger partial charge in [-0.15, -0.1) is 0 Å². The molecule has 0 spiro atoms. The number of nitrogens with one attached hydrogen (secondary N) is 1. The summed E-state index contributed by atoms with van der Waals surface area (Å²) in [6.07, 6.45) is 7.13. The van der Waals surface area contributed by atoms with Gasteiger partial charge in [-0.1, -0.05) is 34.9 Å². The lowest BCUT2D eigenvalue weighted by Gasteiger charge is -2.15. The summed E-state index contributed by atoms with van der Waals surface area (Å²) in [6, 6.07) is 4.84. The van der Waals surface area contributed by atoms with Crippen molar-refractivity contribution in [3.05, 3.63) is 39.9 Å². The van der Waals surface area contributed by atoms with Crippen LogP contribution in [0.1, 0.15) is 26.2 Å². The molecule has 1 N–H and O–H groups in total. The van der Waals surface area contributed by atoms with Crippen LogP contribution in [0.3, 0.4) is 0 Å². The van der Waals surface area contributed by atoms with E-state index in [4.69, 9.17) is 27.9 Å². The van der Waals surface area contributed by atoms with Gasteiger partial charge in [-0.05, 0) is 50.3 Å². The lowest BCUT2D eigenvalue weighted by molar-refractivity contribution is -0.123. The molecule has 2 rings (SSSR count). The number of benzene rings is 1. The summed E-state index contributed by atoms with van der Waals surface area (Å²) >= 11 is 11.7. The molecular weight excluding hydrogens is 323 g/mol. The van der Waals surface area contributed by atoms with Crippen molar-refractivity contribution in [3.8, 4) is 5.75 Å². The van der Waals surface area contributed by atoms with E-state index in [1.54, 1.807) is 24.4 Å². The van der Waals surface area contributed by atoms with E-state index in [1.807, 2.05) is 0 Å². The highest BCUT2D eigenvalue weighted by Crippen LogP contribution is 2.27. The standard InChI is InChI=1S/C16H18Cl2N2O2/c1-11-2-4-12(5-3-11)9-19-20-16(21)10-22-15-7-6-13(17)8-14(15)18/h2,6-9,12H,3-5,10H2,1H3,(H,20,21). The Morgan fingerprint density at radius 2 is 2.32 bits per heavy atom. The van der Waals surface area contributed by atoms with Crippen molar-refractivity contribution in [2.45, 2.75) is 26.2 Å². The molecule has 0 heterocycles. The molecule has 4 nitrogen and oxygen atoms in total. The van der Waals surface area contributed by atoms with Gasteiger partial charge in [-0.2, -0.15) is 5.10 Å². The number of halogens is 2. The summed E-state index contributed by atoms with van der Waals surface area (Å²) < 4.78 is 5.32. The summed E-state index contributed by atoms with van der Waals surface area (Å²) in [7, 11) is 0. The molecule has 0 saturated heterocycles. The fourth-order valence-corrected chi connectivity index (χ4v) is 2.57. The highest BCUT2D eigenvalue weighted by Gasteiger charge is 2.10. The molecule has 1 atom stereocenters. The lowest BCUT2D eigenvalue weighted by Crippen LogP contribution is -2.25. The molecule has 1 aromatic carbocycles. The minimum Gasteiger partial charge on any atom is -0.482 e. The van der Waals surface area contributed by atoms with Crippen LogP contribution < -0.4 is 10.2 Å². The van der Waals surface area contributed by atoms with Crippen molar-refractivity contribution < 1.29 is 9.53 Å². The highest BCUT2D eigenvalue weighted by atomic mass is 35.5. The number of hydrogen-bond donors (Lipinski definition) is 1. The minimum absolute atomic E-state index is 0.150. The molecule has 6 heteroatoms. The fourth-order valence-electron chi connectivity index (χ4n) is 2.10. The van der Waals surface area contributed by atoms with Crippen LogP contribution in [0.15, 0.2) is 34.9 Å². The van der Waals surface area contributed by atoms with Crippen molar-refractivity contribution in [1.29, 1.82) is 0 Å². The normalized spacial score (nSPS) is 18.1. The van der Waals surface area contributed by atoms with Crippen LogP contribution in [-0.2, 0) is 4.79 Å². The molecule has 0 saturated carbocycles. The minimum atomic E-state index is -0.329. The Balaban J connectivity index is 1.74. The summed E-state index contributed by atoms with van der Waals surface area (Å²) in [6.45, 7) is 1.98. The van der Waals surface area contributed by atoms with E-state index in [0.29, 0.717) is 21.7 Å². The first-order chi connectivity index (χ1) is 10.5. The van der Waals surface area contributed by atoms with Gasteiger partial charge in [0.1, 0.15) is 5.75 Å². The zero-order valence-electron chi connectivity index (χ0n) is 12.3. The fraction of sp³-hybridized carbons (Fsp3) is 0.375. The number of carbonyl (C=O) groups is 1. The molecule has 0 aliphatic heterocycles. The number of carbonyl (C=O) groups excluding carboxylic acids is 1. The predicted molar refractivity (Wildman–Crippen MR) is 89.7 cm³/mol. The molecule has 0 aromatic heterocycles. The van der Waals surface area contributed by atoms with Crippen LogP contribution in [0.4, 0.5) is 0 Å². The molecule has 22 heavy (non-hydrogen) atoms. The summed E-state index contributed by atoms with van der Waals surface area (Å²) in [5.74, 6) is 0.471. The number of hydrazone groups is 1. The van der Waals surface area contributed by atoms with Crippen LogP contribution in [0.25, 0.3) is 0 Å². The monoisotopic (exact) mass is 340 g/mol. The summed E-state index contributed by atoms with van der Waals surface area (Å²) in [5.41, 5.74) is 3.88. The number of nitrogens with zero attached hydrogens (tertiary/aromatic N) is 1. The molecule has 1 aliphatic carbocycles. The van der Waals surface area contributed by atoms with E-state index in [2.05, 4.69) is 23.5 Å². The maximum Gasteiger partial charge on any atom is 0.277 e. The molecule has 0 fully saturated rings. The van der Waals surface area contributed by atoms with Crippen molar-refractivity contribution in [2.75, 3.05) is 6.61 Å². The second kappa shape index (κ2) is 8.20. The average Bonchev–Trinajstić information content (AvgIpc) is 2.48. The topological polar surface area (TPSA) is 50.7 Å². The number of allylic oxidation sites excluding steroid dienone is 2. The highest BCUT2D eigenvalue weighted by molar-refractivity contribution is 6.35. The zero-order valence-corrected chi connectivity index (χ0v) is 13.8. The van der Waals surface area contributed by atoms with Crippen LogP contribution in [0.5, 0.6) is 5.75 Å². The maximum absolute atomic E-state index is 11.7. The first-order valence-corrected chi connectivity index (χ1v) is 7.85. The third-order valence-electron chi connectivity index (χ3n) is 3.41. The van der Waals surface area contributed by atoms with E-state index < -0.39 is 0 Å². The van der Waals surface area contributed by atoms with Crippen molar-refractivity contribution in [1.82, 2.24) is 5.43 Å². The number of amides is 1. The Hall–Kier alpha value is -1.52. The third-order valence-corrected chi connectivity index (χ3v) is 3.94. The van der Waals surface area contributed by atoms with Gasteiger partial charge in [0.2, 0.25) is 0 Å². The predicted octanol–water partition coefficient (Wildman–Crippen LogP) is 4.22. The molecule has 118 valence electrons. The van der Waals surface area contributed by atoms with Crippen molar-refractivity contribution >= 4 is 35.3 Å². The van der Waals surface area contributed by atoms with Crippen LogP contribution >= 0.6 is 23.2 Å². The largest absolute Gasteiger partial charge is 0.482 e. The van der Waals surface area contributed by atoms with E-state index in [9.17, 15) is 4.79 Å². The first kappa shape index (κ1) is 16.8. The van der Waals surface area contributed by atoms with E-state index in [0.717, 1.165) is 19.3 Å². The average molecular weight is 341 g/mol. The van der Waals surface area contributed by atoms with Gasteiger partial charge in [0.15, 0.2) is 6.61 Å². The van der Waals surface area contributed by atoms with Crippen LogP contribution in [0.2, 0.25) is 10.0 Å². The Labute approximate surface area is 140 Å². The number of ether oxygens (including phenoxy) is 1. The lowest BCUT2D eigenvalue weighted by atomic mass is 9.91. The van der Waals surface area contributed by atoms with Gasteiger partial charge in [0, 0.05) is 11.2 Å².